The van der Waals surface area contributed by atoms with Crippen LogP contribution in [0.5, 0.6) is 0 Å². The number of ether oxygens (including phenoxy) is 1. The lowest BCUT2D eigenvalue weighted by Gasteiger charge is -2.35. The van der Waals surface area contributed by atoms with Gasteiger partial charge in [-0.2, -0.15) is 0 Å². The summed E-state index contributed by atoms with van der Waals surface area (Å²) in [6.07, 6.45) is 12.8. The van der Waals surface area contributed by atoms with Crippen molar-refractivity contribution in [1.29, 1.82) is 0 Å². The molecule has 3 heterocycles. The highest BCUT2D eigenvalue weighted by Crippen LogP contribution is 2.24. The zero-order chi connectivity index (χ0) is 20.8. The molecule has 30 heavy (non-hydrogen) atoms. The van der Waals surface area contributed by atoms with Gasteiger partial charge in [0.1, 0.15) is 5.76 Å². The Morgan fingerprint density at radius 1 is 1.17 bits per heavy atom. The summed E-state index contributed by atoms with van der Waals surface area (Å²) < 4.78 is 5.67. The van der Waals surface area contributed by atoms with E-state index in [1.54, 1.807) is 0 Å². The van der Waals surface area contributed by atoms with Gasteiger partial charge in [-0.05, 0) is 62.7 Å². The molecule has 0 unspecified atom stereocenters. The number of fused-ring (bicyclic) bond motifs is 1. The number of benzene rings is 1. The van der Waals surface area contributed by atoms with Gasteiger partial charge < -0.3 is 25.2 Å². The van der Waals surface area contributed by atoms with E-state index in [4.69, 9.17) is 16.3 Å². The Bertz CT molecular complexity index is 835. The molecule has 160 valence electrons. The average Bonchev–Trinajstić information content (AvgIpc) is 2.78. The largest absolute Gasteiger partial charge is 0.492 e. The molecule has 3 aliphatic heterocycles. The predicted octanol–water partition coefficient (Wildman–Crippen LogP) is 3.97. The van der Waals surface area contributed by atoms with Crippen molar-refractivity contribution in [2.24, 2.45) is 0 Å². The molecule has 0 atom stereocenters. The van der Waals surface area contributed by atoms with Crippen molar-refractivity contribution in [1.82, 2.24) is 20.4 Å². The Labute approximate surface area is 184 Å². The zero-order valence-electron chi connectivity index (χ0n) is 17.6. The third-order valence-electron chi connectivity index (χ3n) is 5.83. The standard InChI is InChI=1S/C24H31ClN4O/c1-2-30-22-16-24-23(27-18-22)4-3-11-29(24)15-14-28-12-9-21(10-13-28)26-17-19-5-7-20(25)8-6-19/h3-8,11,16,18,21,26-27H,2,9-10,12-15,17H2,1H3. The van der Waals surface area contributed by atoms with Crippen LogP contribution >= 0.6 is 11.6 Å². The number of piperidine rings is 1. The van der Waals surface area contributed by atoms with Crippen molar-refractivity contribution in [2.45, 2.75) is 32.4 Å². The lowest BCUT2D eigenvalue weighted by molar-refractivity contribution is 0.186. The molecule has 0 aromatic heterocycles. The number of dihydropyridines is 1. The molecule has 0 saturated carbocycles. The second-order valence-electron chi connectivity index (χ2n) is 7.89. The third-order valence-corrected chi connectivity index (χ3v) is 6.08. The molecule has 6 heteroatoms. The van der Waals surface area contributed by atoms with Crippen molar-refractivity contribution < 1.29 is 4.74 Å². The molecule has 1 aromatic carbocycles. The Morgan fingerprint density at radius 2 is 1.97 bits per heavy atom. The van der Waals surface area contributed by atoms with Gasteiger partial charge in [0, 0.05) is 49.2 Å². The number of allylic oxidation sites excluding steroid dienone is 3. The van der Waals surface area contributed by atoms with Crippen LogP contribution in [0.25, 0.3) is 0 Å². The Kier molecular flexibility index (Phi) is 7.16. The van der Waals surface area contributed by atoms with Crippen LogP contribution in [0.1, 0.15) is 25.3 Å². The number of nitrogens with one attached hydrogen (secondary N) is 2. The molecule has 4 rings (SSSR count). The minimum atomic E-state index is 0.588. The Balaban J connectivity index is 1.22. The Morgan fingerprint density at radius 3 is 2.73 bits per heavy atom. The highest BCUT2D eigenvalue weighted by molar-refractivity contribution is 6.30. The van der Waals surface area contributed by atoms with Crippen LogP contribution in [-0.2, 0) is 11.3 Å². The van der Waals surface area contributed by atoms with E-state index in [1.165, 1.54) is 24.1 Å². The zero-order valence-corrected chi connectivity index (χ0v) is 18.4. The van der Waals surface area contributed by atoms with Gasteiger partial charge in [-0.3, -0.25) is 0 Å². The van der Waals surface area contributed by atoms with Crippen LogP contribution < -0.4 is 10.6 Å². The van der Waals surface area contributed by atoms with Crippen molar-refractivity contribution in [3.8, 4) is 0 Å². The van der Waals surface area contributed by atoms with E-state index in [9.17, 15) is 0 Å². The summed E-state index contributed by atoms with van der Waals surface area (Å²) in [7, 11) is 0. The van der Waals surface area contributed by atoms with E-state index < -0.39 is 0 Å². The first kappa shape index (κ1) is 21.0. The van der Waals surface area contributed by atoms with Gasteiger partial charge in [0.25, 0.3) is 0 Å². The molecule has 0 spiro atoms. The summed E-state index contributed by atoms with van der Waals surface area (Å²) in [5, 5.41) is 7.84. The van der Waals surface area contributed by atoms with Gasteiger partial charge in [-0.15, -0.1) is 0 Å². The monoisotopic (exact) mass is 426 g/mol. The summed E-state index contributed by atoms with van der Waals surface area (Å²) in [5.74, 6) is 0.887. The SMILES string of the molecule is CCOC1=CNC2=CC=CN(CCN3CCC(NCc4ccc(Cl)cc4)CC3)C2=C1. The summed E-state index contributed by atoms with van der Waals surface area (Å²) in [6, 6.07) is 8.70. The van der Waals surface area contributed by atoms with E-state index in [1.807, 2.05) is 25.3 Å². The van der Waals surface area contributed by atoms with Crippen LogP contribution in [0.3, 0.4) is 0 Å². The first-order chi connectivity index (χ1) is 14.7. The fourth-order valence-electron chi connectivity index (χ4n) is 4.09. The summed E-state index contributed by atoms with van der Waals surface area (Å²) in [5.41, 5.74) is 3.60. The normalized spacial score (nSPS) is 19.5. The van der Waals surface area contributed by atoms with E-state index in [0.29, 0.717) is 12.6 Å². The fraction of sp³-hybridized carbons (Fsp3) is 0.417. The summed E-state index contributed by atoms with van der Waals surface area (Å²) in [4.78, 5) is 4.89. The quantitative estimate of drug-likeness (QED) is 0.658. The topological polar surface area (TPSA) is 39.8 Å². The van der Waals surface area contributed by atoms with Crippen molar-refractivity contribution in [3.05, 3.63) is 82.6 Å². The van der Waals surface area contributed by atoms with Crippen LogP contribution in [0.2, 0.25) is 5.02 Å². The highest BCUT2D eigenvalue weighted by atomic mass is 35.5. The van der Waals surface area contributed by atoms with Gasteiger partial charge in [0.05, 0.1) is 18.0 Å². The molecule has 5 nitrogen and oxygen atoms in total. The lowest BCUT2D eigenvalue weighted by atomic mass is 10.0. The number of hydrogen-bond donors (Lipinski definition) is 2. The minimum Gasteiger partial charge on any atom is -0.492 e. The van der Waals surface area contributed by atoms with E-state index in [-0.39, 0.29) is 0 Å². The van der Waals surface area contributed by atoms with Gasteiger partial charge in [0.15, 0.2) is 0 Å². The van der Waals surface area contributed by atoms with Crippen molar-refractivity contribution >= 4 is 11.6 Å². The maximum atomic E-state index is 5.97. The van der Waals surface area contributed by atoms with Gasteiger partial charge in [0.2, 0.25) is 0 Å². The van der Waals surface area contributed by atoms with Gasteiger partial charge >= 0.3 is 0 Å². The second-order valence-corrected chi connectivity index (χ2v) is 8.33. The maximum Gasteiger partial charge on any atom is 0.137 e. The molecule has 2 N–H and O–H groups in total. The van der Waals surface area contributed by atoms with Crippen LogP contribution in [-0.4, -0.2) is 48.6 Å². The van der Waals surface area contributed by atoms with Gasteiger partial charge in [-0.1, -0.05) is 23.7 Å². The number of rotatable bonds is 8. The maximum absolute atomic E-state index is 5.97. The van der Waals surface area contributed by atoms with E-state index >= 15 is 0 Å². The summed E-state index contributed by atoms with van der Waals surface area (Å²) >= 11 is 5.97. The van der Waals surface area contributed by atoms with Crippen LogP contribution in [0.15, 0.2) is 72.0 Å². The molecule has 3 aliphatic rings. The number of nitrogens with zero attached hydrogens (tertiary/aromatic N) is 2. The molecule has 0 amide bonds. The molecule has 0 aliphatic carbocycles. The first-order valence-corrected chi connectivity index (χ1v) is 11.3. The lowest BCUT2D eigenvalue weighted by Crippen LogP contribution is -2.44. The van der Waals surface area contributed by atoms with Gasteiger partial charge in [-0.25, -0.2) is 0 Å². The average molecular weight is 427 g/mol. The second kappa shape index (κ2) is 10.2. The number of hydrogen-bond acceptors (Lipinski definition) is 5. The van der Waals surface area contributed by atoms with Crippen molar-refractivity contribution in [2.75, 3.05) is 32.8 Å². The fourth-order valence-corrected chi connectivity index (χ4v) is 4.22. The van der Waals surface area contributed by atoms with Crippen LogP contribution in [0.4, 0.5) is 0 Å². The third kappa shape index (κ3) is 5.48. The number of halogens is 1. The number of likely N-dealkylation sites (tertiary alicyclic amines) is 1. The summed E-state index contributed by atoms with van der Waals surface area (Å²) in [6.45, 7) is 7.91. The van der Waals surface area contributed by atoms with E-state index in [2.05, 4.69) is 57.0 Å². The van der Waals surface area contributed by atoms with Crippen LogP contribution in [0, 0.1) is 0 Å². The first-order valence-electron chi connectivity index (χ1n) is 10.9. The molecular weight excluding hydrogens is 396 g/mol. The highest BCUT2D eigenvalue weighted by Gasteiger charge is 2.22. The molecule has 0 bridgehead atoms. The molecule has 1 saturated heterocycles. The molecular formula is C24H31ClN4O. The Hall–Kier alpha value is -2.21. The molecule has 1 aromatic rings. The smallest absolute Gasteiger partial charge is 0.137 e. The molecule has 0 radical (unpaired) electrons. The predicted molar refractivity (Wildman–Crippen MR) is 123 cm³/mol. The molecule has 1 fully saturated rings. The van der Waals surface area contributed by atoms with E-state index in [0.717, 1.165) is 49.2 Å². The minimum absolute atomic E-state index is 0.588. The van der Waals surface area contributed by atoms with Crippen molar-refractivity contribution in [3.63, 3.8) is 0 Å².